The molecule has 3 rings (SSSR count). The molecule has 2 aromatic carbocycles. The first kappa shape index (κ1) is 18.4. The first-order chi connectivity index (χ1) is 12.2. The number of sulfonamides is 1. The molecule has 26 heavy (non-hydrogen) atoms. The van der Waals surface area contributed by atoms with Gasteiger partial charge in [0, 0.05) is 5.69 Å². The molecule has 0 aromatic heterocycles. The third-order valence-corrected chi connectivity index (χ3v) is 5.82. The van der Waals surface area contributed by atoms with Crippen LogP contribution in [0.3, 0.4) is 0 Å². The van der Waals surface area contributed by atoms with Crippen molar-refractivity contribution < 1.29 is 17.6 Å². The van der Waals surface area contributed by atoms with E-state index in [1.54, 1.807) is 0 Å². The van der Waals surface area contributed by atoms with Gasteiger partial charge in [-0.15, -0.1) is 4.40 Å². The second-order valence-electron chi connectivity index (χ2n) is 5.85. The highest BCUT2D eigenvalue weighted by Crippen LogP contribution is 2.30. The van der Waals surface area contributed by atoms with E-state index < -0.39 is 15.8 Å². The molecule has 1 amide bonds. The fourth-order valence-corrected chi connectivity index (χ4v) is 4.60. The lowest BCUT2D eigenvalue weighted by Gasteiger charge is -2.17. The Morgan fingerprint density at radius 2 is 1.88 bits per heavy atom. The number of carbonyl (C=O) groups is 1. The topological polar surface area (TPSA) is 87.6 Å². The molecule has 1 aliphatic heterocycles. The lowest BCUT2D eigenvalue weighted by atomic mass is 10.1. The molecule has 2 aromatic rings. The molecule has 0 unspecified atom stereocenters. The van der Waals surface area contributed by atoms with E-state index in [9.17, 15) is 17.6 Å². The van der Waals surface area contributed by atoms with E-state index >= 15 is 0 Å². The lowest BCUT2D eigenvalue weighted by molar-refractivity contribution is -0.113. The zero-order chi connectivity index (χ0) is 18.9. The van der Waals surface area contributed by atoms with Crippen molar-refractivity contribution in [3.05, 3.63) is 53.3 Å². The van der Waals surface area contributed by atoms with Crippen LogP contribution in [0.15, 0.2) is 45.7 Å². The number of thioether (sulfide) groups is 1. The van der Waals surface area contributed by atoms with Gasteiger partial charge in [-0.25, -0.2) is 4.39 Å². The maximum absolute atomic E-state index is 13.3. The molecule has 136 valence electrons. The zero-order valence-corrected chi connectivity index (χ0v) is 15.7. The molecule has 0 bridgehead atoms. The Morgan fingerprint density at radius 1 is 1.19 bits per heavy atom. The average Bonchev–Trinajstić information content (AvgIpc) is 2.52. The number of hydrogen-bond acceptors (Lipinski definition) is 5. The van der Waals surface area contributed by atoms with Crippen molar-refractivity contribution >= 4 is 44.2 Å². The van der Waals surface area contributed by atoms with E-state index in [2.05, 4.69) is 15.0 Å². The van der Waals surface area contributed by atoms with Crippen molar-refractivity contribution in [3.63, 3.8) is 0 Å². The molecule has 6 nitrogen and oxygen atoms in total. The number of fused-ring (bicyclic) bond motifs is 1. The van der Waals surface area contributed by atoms with Crippen LogP contribution in [0.1, 0.15) is 11.1 Å². The third-order valence-electron chi connectivity index (χ3n) is 3.51. The Hall–Kier alpha value is -2.39. The molecule has 2 N–H and O–H groups in total. The van der Waals surface area contributed by atoms with Crippen molar-refractivity contribution in [1.29, 1.82) is 0 Å². The van der Waals surface area contributed by atoms with Gasteiger partial charge in [0.15, 0.2) is 5.17 Å². The predicted molar refractivity (Wildman–Crippen MR) is 102 cm³/mol. The van der Waals surface area contributed by atoms with Crippen LogP contribution in [-0.4, -0.2) is 25.2 Å². The van der Waals surface area contributed by atoms with Gasteiger partial charge in [0.05, 0.1) is 11.4 Å². The van der Waals surface area contributed by atoms with Crippen LogP contribution in [0, 0.1) is 19.7 Å². The first-order valence-corrected chi connectivity index (χ1v) is 10.1. The number of nitrogens with one attached hydrogen (secondary N) is 2. The standard InChI is InChI=1S/C17H16FN3O3S2/c1-10-5-11(2)7-13(6-10)19-16(22)9-25-17-20-14-4-3-12(18)8-15(14)26(23,24)21-17/h3-8H,9H2,1-2H3,(H,19,22)(H,20,21). The molecule has 0 spiro atoms. The number of amides is 1. The van der Waals surface area contributed by atoms with Crippen molar-refractivity contribution in [2.45, 2.75) is 18.7 Å². The highest BCUT2D eigenvalue weighted by atomic mass is 32.2. The van der Waals surface area contributed by atoms with E-state index in [4.69, 9.17) is 0 Å². The fraction of sp³-hybridized carbons (Fsp3) is 0.176. The maximum Gasteiger partial charge on any atom is 0.286 e. The first-order valence-electron chi connectivity index (χ1n) is 7.65. The summed E-state index contributed by atoms with van der Waals surface area (Å²) in [6, 6.07) is 9.09. The summed E-state index contributed by atoms with van der Waals surface area (Å²) < 4.78 is 41.1. The number of amidine groups is 1. The van der Waals surface area contributed by atoms with Crippen LogP contribution in [0.4, 0.5) is 15.8 Å². The Balaban J connectivity index is 1.68. The molecule has 0 saturated heterocycles. The SMILES string of the molecule is Cc1cc(C)cc(NC(=O)CSC2=NS(=O)(=O)c3cc(F)ccc3N2)c1. The minimum Gasteiger partial charge on any atom is -0.333 e. The van der Waals surface area contributed by atoms with Crippen LogP contribution >= 0.6 is 11.8 Å². The monoisotopic (exact) mass is 393 g/mol. The molecule has 0 fully saturated rings. The summed E-state index contributed by atoms with van der Waals surface area (Å²) in [6.07, 6.45) is 0. The van der Waals surface area contributed by atoms with Gasteiger partial charge in [-0.1, -0.05) is 17.8 Å². The fourth-order valence-electron chi connectivity index (χ4n) is 2.55. The molecular weight excluding hydrogens is 377 g/mol. The number of nitrogens with zero attached hydrogens (tertiary/aromatic N) is 1. The zero-order valence-electron chi connectivity index (χ0n) is 14.0. The number of anilines is 2. The minimum atomic E-state index is -4.00. The highest BCUT2D eigenvalue weighted by Gasteiger charge is 2.26. The van der Waals surface area contributed by atoms with E-state index in [0.717, 1.165) is 35.0 Å². The normalized spacial score (nSPS) is 14.8. The quantitative estimate of drug-likeness (QED) is 0.836. The molecule has 1 heterocycles. The largest absolute Gasteiger partial charge is 0.333 e. The molecule has 0 aliphatic carbocycles. The van der Waals surface area contributed by atoms with E-state index in [-0.39, 0.29) is 27.4 Å². The van der Waals surface area contributed by atoms with E-state index in [1.807, 2.05) is 32.0 Å². The molecule has 9 heteroatoms. The number of halogens is 1. The molecule has 0 atom stereocenters. The average molecular weight is 393 g/mol. The van der Waals surface area contributed by atoms with Crippen LogP contribution in [0.25, 0.3) is 0 Å². The number of aryl methyl sites for hydroxylation is 2. The second-order valence-corrected chi connectivity index (χ2v) is 8.39. The summed E-state index contributed by atoms with van der Waals surface area (Å²) in [5.74, 6) is -0.967. The summed E-state index contributed by atoms with van der Waals surface area (Å²) in [7, 11) is -4.00. The van der Waals surface area contributed by atoms with Gasteiger partial charge < -0.3 is 10.6 Å². The number of rotatable bonds is 3. The van der Waals surface area contributed by atoms with Crippen LogP contribution < -0.4 is 10.6 Å². The Kier molecular flexibility index (Phi) is 5.01. The molecular formula is C17H16FN3O3S2. The Bertz CT molecular complexity index is 1000. The van der Waals surface area contributed by atoms with Gasteiger partial charge in [0.1, 0.15) is 10.7 Å². The van der Waals surface area contributed by atoms with Crippen LogP contribution in [-0.2, 0) is 14.8 Å². The van der Waals surface area contributed by atoms with E-state index in [0.29, 0.717) is 5.69 Å². The van der Waals surface area contributed by atoms with Crippen LogP contribution in [0.5, 0.6) is 0 Å². The smallest absolute Gasteiger partial charge is 0.286 e. The summed E-state index contributed by atoms with van der Waals surface area (Å²) in [6.45, 7) is 3.87. The summed E-state index contributed by atoms with van der Waals surface area (Å²) in [5, 5.41) is 5.64. The van der Waals surface area contributed by atoms with Crippen LogP contribution in [0.2, 0.25) is 0 Å². The predicted octanol–water partition coefficient (Wildman–Crippen LogP) is 3.28. The minimum absolute atomic E-state index is 0.0229. The van der Waals surface area contributed by atoms with Gasteiger partial charge >= 0.3 is 0 Å². The summed E-state index contributed by atoms with van der Waals surface area (Å²) in [5.41, 5.74) is 2.97. The van der Waals surface area contributed by atoms with Gasteiger partial charge in [-0.2, -0.15) is 8.42 Å². The maximum atomic E-state index is 13.3. The Morgan fingerprint density at radius 3 is 2.58 bits per heavy atom. The third kappa shape index (κ3) is 4.23. The van der Waals surface area contributed by atoms with E-state index in [1.165, 1.54) is 6.07 Å². The van der Waals surface area contributed by atoms with Gasteiger partial charge in [-0.05, 0) is 55.3 Å². The summed E-state index contributed by atoms with van der Waals surface area (Å²) >= 11 is 0.957. The second kappa shape index (κ2) is 7.08. The molecule has 1 aliphatic rings. The molecule has 0 radical (unpaired) electrons. The van der Waals surface area contributed by atoms with Crippen molar-refractivity contribution in [1.82, 2.24) is 0 Å². The van der Waals surface area contributed by atoms with Gasteiger partial charge in [-0.3, -0.25) is 4.79 Å². The lowest BCUT2D eigenvalue weighted by Crippen LogP contribution is -2.22. The number of hydrogen-bond donors (Lipinski definition) is 2. The van der Waals surface area contributed by atoms with Crippen molar-refractivity contribution in [2.24, 2.45) is 4.40 Å². The number of benzene rings is 2. The van der Waals surface area contributed by atoms with Gasteiger partial charge in [0.2, 0.25) is 5.91 Å². The van der Waals surface area contributed by atoms with Crippen molar-refractivity contribution in [3.8, 4) is 0 Å². The molecule has 0 saturated carbocycles. The highest BCUT2D eigenvalue weighted by molar-refractivity contribution is 8.15. The van der Waals surface area contributed by atoms with Crippen molar-refractivity contribution in [2.75, 3.05) is 16.4 Å². The van der Waals surface area contributed by atoms with Gasteiger partial charge in [0.25, 0.3) is 10.0 Å². The Labute approximate surface area is 155 Å². The summed E-state index contributed by atoms with van der Waals surface area (Å²) in [4.78, 5) is 11.9. The number of carbonyl (C=O) groups excluding carboxylic acids is 1.